The molecule has 6 heteroatoms. The minimum Gasteiger partial charge on any atom is -0.493 e. The molecule has 3 rings (SSSR count). The Balaban J connectivity index is 1.39. The van der Waals surface area contributed by atoms with Gasteiger partial charge in [-0.3, -0.25) is 4.79 Å². The first-order valence-corrected chi connectivity index (χ1v) is 10.3. The number of nitrogens with zero attached hydrogens (tertiary/aromatic N) is 1. The third kappa shape index (κ3) is 6.12. The van der Waals surface area contributed by atoms with Crippen LogP contribution in [-0.2, 0) is 11.3 Å². The van der Waals surface area contributed by atoms with Crippen LogP contribution in [0.25, 0.3) is 0 Å². The zero-order chi connectivity index (χ0) is 20.5. The van der Waals surface area contributed by atoms with Crippen LogP contribution in [0.1, 0.15) is 31.2 Å². The van der Waals surface area contributed by atoms with Gasteiger partial charge in [0, 0.05) is 44.0 Å². The summed E-state index contributed by atoms with van der Waals surface area (Å²) in [7, 11) is 3.24. The molecule has 1 aliphatic heterocycles. The minimum absolute atomic E-state index is 0.00975. The number of rotatable bonds is 9. The summed E-state index contributed by atoms with van der Waals surface area (Å²) in [5, 5.41) is 6.27. The normalized spacial score (nSPS) is 13.8. The van der Waals surface area contributed by atoms with Crippen LogP contribution in [0.2, 0.25) is 0 Å². The summed E-state index contributed by atoms with van der Waals surface area (Å²) in [6, 6.07) is 14.0. The van der Waals surface area contributed by atoms with E-state index < -0.39 is 0 Å². The molecule has 6 nitrogen and oxygen atoms in total. The smallest absolute Gasteiger partial charge is 0.225 e. The molecule has 156 valence electrons. The first kappa shape index (κ1) is 21.0. The van der Waals surface area contributed by atoms with Crippen molar-refractivity contribution in [1.29, 1.82) is 0 Å². The van der Waals surface area contributed by atoms with Gasteiger partial charge in [0.05, 0.1) is 14.2 Å². The predicted molar refractivity (Wildman–Crippen MR) is 117 cm³/mol. The number of hydrogen-bond donors (Lipinski definition) is 2. The van der Waals surface area contributed by atoms with Gasteiger partial charge in [0.2, 0.25) is 5.91 Å². The molecule has 1 fully saturated rings. The van der Waals surface area contributed by atoms with E-state index in [-0.39, 0.29) is 5.91 Å². The molecule has 2 N–H and O–H groups in total. The molecule has 1 heterocycles. The van der Waals surface area contributed by atoms with Crippen molar-refractivity contribution >= 4 is 17.3 Å². The van der Waals surface area contributed by atoms with Crippen LogP contribution >= 0.6 is 0 Å². The van der Waals surface area contributed by atoms with Crippen LogP contribution in [0.15, 0.2) is 42.5 Å². The van der Waals surface area contributed by atoms with E-state index in [1.54, 1.807) is 14.2 Å². The van der Waals surface area contributed by atoms with E-state index in [1.165, 1.54) is 24.9 Å². The Hall–Kier alpha value is -2.73. The first-order chi connectivity index (χ1) is 14.2. The number of piperidine rings is 1. The van der Waals surface area contributed by atoms with E-state index in [1.807, 2.05) is 30.3 Å². The van der Waals surface area contributed by atoms with Gasteiger partial charge >= 0.3 is 0 Å². The fraction of sp³-hybridized carbons (Fsp3) is 0.435. The molecule has 0 aliphatic carbocycles. The summed E-state index contributed by atoms with van der Waals surface area (Å²) < 4.78 is 10.6. The van der Waals surface area contributed by atoms with E-state index in [0.717, 1.165) is 24.3 Å². The van der Waals surface area contributed by atoms with E-state index in [0.29, 0.717) is 31.0 Å². The lowest BCUT2D eigenvalue weighted by atomic mass is 10.1. The van der Waals surface area contributed by atoms with Crippen molar-refractivity contribution in [1.82, 2.24) is 5.32 Å². The lowest BCUT2D eigenvalue weighted by Gasteiger charge is -2.28. The van der Waals surface area contributed by atoms with Crippen LogP contribution in [-0.4, -0.2) is 39.8 Å². The van der Waals surface area contributed by atoms with Gasteiger partial charge in [-0.15, -0.1) is 0 Å². The van der Waals surface area contributed by atoms with Gasteiger partial charge in [-0.05, 0) is 61.2 Å². The molecular weight excluding hydrogens is 366 g/mol. The van der Waals surface area contributed by atoms with E-state index in [4.69, 9.17) is 9.47 Å². The van der Waals surface area contributed by atoms with Crippen LogP contribution in [0.5, 0.6) is 11.5 Å². The predicted octanol–water partition coefficient (Wildman–Crippen LogP) is 3.81. The summed E-state index contributed by atoms with van der Waals surface area (Å²) in [5.41, 5.74) is 3.16. The van der Waals surface area contributed by atoms with Gasteiger partial charge in [-0.1, -0.05) is 6.07 Å². The number of methoxy groups -OCH3 is 2. The number of amides is 1. The highest BCUT2D eigenvalue weighted by Gasteiger charge is 2.11. The van der Waals surface area contributed by atoms with Gasteiger partial charge in [0.15, 0.2) is 11.5 Å². The van der Waals surface area contributed by atoms with E-state index in [9.17, 15) is 4.79 Å². The summed E-state index contributed by atoms with van der Waals surface area (Å²) in [6.45, 7) is 3.51. The summed E-state index contributed by atoms with van der Waals surface area (Å²) >= 11 is 0. The molecule has 1 amide bonds. The minimum atomic E-state index is 0.00975. The standard InChI is InChI=1S/C23H31N3O3/c1-28-21-11-6-18(16-22(21)29-2)17-24-13-12-23(27)25-19-7-9-20(10-8-19)26-14-4-3-5-15-26/h6-11,16,24H,3-5,12-15,17H2,1-2H3,(H,25,27). The first-order valence-electron chi connectivity index (χ1n) is 10.3. The molecule has 0 radical (unpaired) electrons. The van der Waals surface area contributed by atoms with Crippen molar-refractivity contribution in [3.8, 4) is 11.5 Å². The van der Waals surface area contributed by atoms with Crippen molar-refractivity contribution in [3.63, 3.8) is 0 Å². The Morgan fingerprint density at radius 2 is 1.69 bits per heavy atom. The molecule has 0 atom stereocenters. The molecule has 0 unspecified atom stereocenters. The highest BCUT2D eigenvalue weighted by Crippen LogP contribution is 2.27. The van der Waals surface area contributed by atoms with Gasteiger partial charge < -0.3 is 25.0 Å². The Morgan fingerprint density at radius 1 is 0.966 bits per heavy atom. The largest absolute Gasteiger partial charge is 0.493 e. The lowest BCUT2D eigenvalue weighted by molar-refractivity contribution is -0.116. The zero-order valence-corrected chi connectivity index (χ0v) is 17.4. The monoisotopic (exact) mass is 397 g/mol. The molecular formula is C23H31N3O3. The molecule has 2 aromatic rings. The van der Waals surface area contributed by atoms with E-state index >= 15 is 0 Å². The Labute approximate surface area is 173 Å². The van der Waals surface area contributed by atoms with Crippen LogP contribution in [0.3, 0.4) is 0 Å². The Morgan fingerprint density at radius 3 is 2.38 bits per heavy atom. The molecule has 2 aromatic carbocycles. The Kier molecular flexibility index (Phi) is 7.76. The van der Waals surface area contributed by atoms with Gasteiger partial charge in [-0.25, -0.2) is 0 Å². The maximum Gasteiger partial charge on any atom is 0.225 e. The third-order valence-corrected chi connectivity index (χ3v) is 5.18. The SMILES string of the molecule is COc1ccc(CNCCC(=O)Nc2ccc(N3CCCCC3)cc2)cc1OC. The molecule has 0 saturated carbocycles. The maximum absolute atomic E-state index is 12.2. The number of nitrogens with one attached hydrogen (secondary N) is 2. The summed E-state index contributed by atoms with van der Waals surface area (Å²) in [5.74, 6) is 1.43. The van der Waals surface area contributed by atoms with Crippen molar-refractivity contribution in [2.45, 2.75) is 32.2 Å². The second kappa shape index (κ2) is 10.7. The van der Waals surface area contributed by atoms with E-state index in [2.05, 4.69) is 27.7 Å². The topological polar surface area (TPSA) is 62.8 Å². The van der Waals surface area contributed by atoms with Gasteiger partial charge in [0.1, 0.15) is 0 Å². The average molecular weight is 398 g/mol. The summed E-state index contributed by atoms with van der Waals surface area (Å²) in [4.78, 5) is 14.6. The Bertz CT molecular complexity index is 786. The number of hydrogen-bond acceptors (Lipinski definition) is 5. The lowest BCUT2D eigenvalue weighted by Crippen LogP contribution is -2.29. The maximum atomic E-state index is 12.2. The fourth-order valence-electron chi connectivity index (χ4n) is 3.56. The molecule has 0 aromatic heterocycles. The number of carbonyl (C=O) groups excluding carboxylic acids is 1. The number of benzene rings is 2. The molecule has 29 heavy (non-hydrogen) atoms. The third-order valence-electron chi connectivity index (χ3n) is 5.18. The van der Waals surface area contributed by atoms with Crippen molar-refractivity contribution < 1.29 is 14.3 Å². The second-order valence-electron chi connectivity index (χ2n) is 7.26. The average Bonchev–Trinajstić information content (AvgIpc) is 2.77. The molecule has 1 aliphatic rings. The van der Waals surface area contributed by atoms with Crippen molar-refractivity contribution in [3.05, 3.63) is 48.0 Å². The molecule has 0 spiro atoms. The van der Waals surface area contributed by atoms with Gasteiger partial charge in [-0.2, -0.15) is 0 Å². The number of anilines is 2. The molecule has 1 saturated heterocycles. The quantitative estimate of drug-likeness (QED) is 0.630. The van der Waals surface area contributed by atoms with Gasteiger partial charge in [0.25, 0.3) is 0 Å². The molecule has 0 bridgehead atoms. The fourth-order valence-corrected chi connectivity index (χ4v) is 3.56. The van der Waals surface area contributed by atoms with Crippen LogP contribution < -0.4 is 25.0 Å². The van der Waals surface area contributed by atoms with Crippen molar-refractivity contribution in [2.24, 2.45) is 0 Å². The number of carbonyl (C=O) groups is 1. The highest BCUT2D eigenvalue weighted by atomic mass is 16.5. The van der Waals surface area contributed by atoms with Crippen LogP contribution in [0.4, 0.5) is 11.4 Å². The van der Waals surface area contributed by atoms with Crippen LogP contribution in [0, 0.1) is 0 Å². The van der Waals surface area contributed by atoms with Crippen molar-refractivity contribution in [2.75, 3.05) is 44.1 Å². The zero-order valence-electron chi connectivity index (χ0n) is 17.4. The highest BCUT2D eigenvalue weighted by molar-refractivity contribution is 5.91. The number of ether oxygens (including phenoxy) is 2. The summed E-state index contributed by atoms with van der Waals surface area (Å²) in [6.07, 6.45) is 4.26. The second-order valence-corrected chi connectivity index (χ2v) is 7.26.